The third-order valence-corrected chi connectivity index (χ3v) is 6.83. The molecular weight excluding hydrogens is 450 g/mol. The van der Waals surface area contributed by atoms with Gasteiger partial charge in [0.1, 0.15) is 4.70 Å². The molecule has 1 fully saturated rings. The van der Waals surface area contributed by atoms with Crippen molar-refractivity contribution in [3.8, 4) is 0 Å². The number of nitrogens with one attached hydrogen (secondary N) is 1. The first-order valence-electron chi connectivity index (χ1n) is 10.5. The van der Waals surface area contributed by atoms with Gasteiger partial charge in [-0.2, -0.15) is 10.1 Å². The average molecular weight is 476 g/mol. The van der Waals surface area contributed by atoms with Crippen LogP contribution in [0.4, 0.5) is 5.13 Å². The SMILES string of the molecule is CN(C(=O)c1nn(C(C)(C)C)c2nc(NC(=O)c3cccc(Cl)c3)sc12)[C@@H]1CCC[C@H]1O. The van der Waals surface area contributed by atoms with Crippen molar-refractivity contribution in [3.63, 3.8) is 0 Å². The number of nitrogens with zero attached hydrogens (tertiary/aromatic N) is 4. The Hall–Kier alpha value is -2.49. The van der Waals surface area contributed by atoms with E-state index in [1.165, 1.54) is 11.3 Å². The highest BCUT2D eigenvalue weighted by Gasteiger charge is 2.35. The first-order chi connectivity index (χ1) is 15.1. The molecular formula is C22H26ClN5O3S. The van der Waals surface area contributed by atoms with Crippen LogP contribution in [-0.2, 0) is 5.54 Å². The van der Waals surface area contributed by atoms with Crippen molar-refractivity contribution in [1.29, 1.82) is 0 Å². The predicted octanol–water partition coefficient (Wildman–Crippen LogP) is 4.14. The van der Waals surface area contributed by atoms with E-state index >= 15 is 0 Å². The minimum absolute atomic E-state index is 0.229. The molecule has 0 radical (unpaired) electrons. The number of fused-ring (bicyclic) bond motifs is 1. The maximum absolute atomic E-state index is 13.3. The molecule has 2 heterocycles. The summed E-state index contributed by atoms with van der Waals surface area (Å²) in [6.45, 7) is 5.92. The van der Waals surface area contributed by atoms with Crippen LogP contribution in [-0.4, -0.2) is 55.8 Å². The molecule has 0 aliphatic heterocycles. The van der Waals surface area contributed by atoms with Gasteiger partial charge in [-0.25, -0.2) is 4.68 Å². The van der Waals surface area contributed by atoms with E-state index < -0.39 is 11.6 Å². The molecule has 8 nitrogen and oxygen atoms in total. The van der Waals surface area contributed by atoms with Crippen LogP contribution in [0.5, 0.6) is 0 Å². The molecule has 1 aliphatic carbocycles. The van der Waals surface area contributed by atoms with Gasteiger partial charge in [-0.1, -0.05) is 29.0 Å². The molecule has 1 aliphatic rings. The van der Waals surface area contributed by atoms with Gasteiger partial charge in [0.25, 0.3) is 11.8 Å². The lowest BCUT2D eigenvalue weighted by Gasteiger charge is -2.26. The zero-order valence-electron chi connectivity index (χ0n) is 18.4. The molecule has 10 heteroatoms. The van der Waals surface area contributed by atoms with Gasteiger partial charge in [0.05, 0.1) is 17.7 Å². The van der Waals surface area contributed by atoms with Gasteiger partial charge in [0.2, 0.25) is 0 Å². The van der Waals surface area contributed by atoms with Crippen LogP contribution < -0.4 is 5.32 Å². The Morgan fingerprint density at radius 2 is 2.06 bits per heavy atom. The number of thiazole rings is 1. The fourth-order valence-corrected chi connectivity index (χ4v) is 5.06. The molecule has 0 bridgehead atoms. The van der Waals surface area contributed by atoms with Crippen LogP contribution in [0.3, 0.4) is 0 Å². The van der Waals surface area contributed by atoms with E-state index in [-0.39, 0.29) is 23.6 Å². The minimum atomic E-state index is -0.529. The van der Waals surface area contributed by atoms with E-state index in [2.05, 4.69) is 15.4 Å². The van der Waals surface area contributed by atoms with Crippen LogP contribution in [0, 0.1) is 0 Å². The smallest absolute Gasteiger partial charge is 0.276 e. The van der Waals surface area contributed by atoms with E-state index in [9.17, 15) is 14.7 Å². The topological polar surface area (TPSA) is 100 Å². The molecule has 2 N–H and O–H groups in total. The van der Waals surface area contributed by atoms with E-state index in [1.807, 2.05) is 20.8 Å². The lowest BCUT2D eigenvalue weighted by molar-refractivity contribution is 0.0534. The van der Waals surface area contributed by atoms with Crippen molar-refractivity contribution in [3.05, 3.63) is 40.5 Å². The largest absolute Gasteiger partial charge is 0.391 e. The lowest BCUT2D eigenvalue weighted by atomic mass is 10.1. The average Bonchev–Trinajstić information content (AvgIpc) is 3.41. The number of carbonyl (C=O) groups excluding carboxylic acids is 2. The molecule has 2 aromatic heterocycles. The normalized spacial score (nSPS) is 18.8. The van der Waals surface area contributed by atoms with Gasteiger partial charge in [0, 0.05) is 17.6 Å². The van der Waals surface area contributed by atoms with Crippen LogP contribution in [0.1, 0.15) is 60.9 Å². The highest BCUT2D eigenvalue weighted by Crippen LogP contribution is 2.34. The molecule has 0 saturated heterocycles. The molecule has 2 atom stereocenters. The first kappa shape index (κ1) is 22.7. The third-order valence-electron chi connectivity index (χ3n) is 5.63. The van der Waals surface area contributed by atoms with Crippen molar-refractivity contribution in [2.75, 3.05) is 12.4 Å². The number of benzene rings is 1. The van der Waals surface area contributed by atoms with Crippen LogP contribution in [0.2, 0.25) is 5.02 Å². The number of aliphatic hydroxyl groups excluding tert-OH is 1. The predicted molar refractivity (Wildman–Crippen MR) is 126 cm³/mol. The lowest BCUT2D eigenvalue weighted by Crippen LogP contribution is -2.42. The van der Waals surface area contributed by atoms with E-state index in [4.69, 9.17) is 11.6 Å². The molecule has 170 valence electrons. The number of hydrogen-bond donors (Lipinski definition) is 2. The second-order valence-electron chi connectivity index (χ2n) is 9.05. The summed E-state index contributed by atoms with van der Waals surface area (Å²) in [6.07, 6.45) is 1.80. The Morgan fingerprint density at radius 3 is 2.69 bits per heavy atom. The quantitative estimate of drug-likeness (QED) is 0.590. The summed E-state index contributed by atoms with van der Waals surface area (Å²) in [7, 11) is 1.70. The monoisotopic (exact) mass is 475 g/mol. The number of anilines is 1. The van der Waals surface area contributed by atoms with Gasteiger partial charge in [-0.15, -0.1) is 0 Å². The zero-order chi connectivity index (χ0) is 23.2. The highest BCUT2D eigenvalue weighted by molar-refractivity contribution is 7.22. The Balaban J connectivity index is 1.70. The van der Waals surface area contributed by atoms with Gasteiger partial charge in [0.15, 0.2) is 16.5 Å². The molecule has 1 saturated carbocycles. The Morgan fingerprint density at radius 1 is 1.31 bits per heavy atom. The van der Waals surface area contributed by atoms with Gasteiger partial charge < -0.3 is 10.0 Å². The van der Waals surface area contributed by atoms with Gasteiger partial charge in [-0.05, 0) is 58.2 Å². The Bertz CT molecular complexity index is 1180. The molecule has 1 aromatic carbocycles. The number of amides is 2. The summed E-state index contributed by atoms with van der Waals surface area (Å²) in [5.74, 6) is -0.599. The van der Waals surface area contributed by atoms with Crippen molar-refractivity contribution in [2.24, 2.45) is 0 Å². The summed E-state index contributed by atoms with van der Waals surface area (Å²) in [5.41, 5.74) is 0.801. The summed E-state index contributed by atoms with van der Waals surface area (Å²) in [4.78, 5) is 32.1. The molecule has 0 spiro atoms. The summed E-state index contributed by atoms with van der Waals surface area (Å²) >= 11 is 7.20. The molecule has 0 unspecified atom stereocenters. The number of aromatic nitrogens is 3. The number of aliphatic hydroxyl groups is 1. The van der Waals surface area contributed by atoms with Gasteiger partial charge in [-0.3, -0.25) is 14.9 Å². The molecule has 2 amide bonds. The van der Waals surface area contributed by atoms with Crippen LogP contribution in [0.25, 0.3) is 10.3 Å². The Kier molecular flexibility index (Phi) is 6.00. The van der Waals surface area contributed by atoms with E-state index in [1.54, 1.807) is 40.9 Å². The second-order valence-corrected chi connectivity index (χ2v) is 10.5. The van der Waals surface area contributed by atoms with Crippen molar-refractivity contribution >= 4 is 50.2 Å². The standard InChI is InChI=1S/C22H26ClN5O3S/c1-22(2,3)28-18-17(16(26-28)20(31)27(4)14-9-6-10-15(14)29)32-21(24-18)25-19(30)12-7-5-8-13(23)11-12/h5,7-8,11,14-15,29H,6,9-10H2,1-4H3,(H,24,25,30)/t14-,15-/m1/s1. The van der Waals surface area contributed by atoms with Crippen LogP contribution in [0.15, 0.2) is 24.3 Å². The number of halogens is 1. The van der Waals surface area contributed by atoms with E-state index in [0.29, 0.717) is 32.5 Å². The summed E-state index contributed by atoms with van der Waals surface area (Å²) in [5, 5.41) is 18.5. The number of likely N-dealkylation sites (N-methyl/N-ethyl adjacent to an activating group) is 1. The van der Waals surface area contributed by atoms with Crippen LogP contribution >= 0.6 is 22.9 Å². The molecule has 4 rings (SSSR count). The summed E-state index contributed by atoms with van der Waals surface area (Å²) in [6, 6.07) is 6.42. The van der Waals surface area contributed by atoms with E-state index in [0.717, 1.165) is 12.8 Å². The third kappa shape index (κ3) is 4.24. The van der Waals surface area contributed by atoms with Crippen molar-refractivity contribution < 1.29 is 14.7 Å². The maximum atomic E-state index is 13.3. The van der Waals surface area contributed by atoms with Gasteiger partial charge >= 0.3 is 0 Å². The maximum Gasteiger partial charge on any atom is 0.276 e. The zero-order valence-corrected chi connectivity index (χ0v) is 20.0. The highest BCUT2D eigenvalue weighted by atomic mass is 35.5. The second kappa shape index (κ2) is 8.46. The number of carbonyl (C=O) groups is 2. The number of hydrogen-bond acceptors (Lipinski definition) is 6. The number of rotatable bonds is 4. The molecule has 3 aromatic rings. The fraction of sp³-hybridized carbons (Fsp3) is 0.455. The van der Waals surface area contributed by atoms with Crippen molar-refractivity contribution in [2.45, 2.75) is 57.7 Å². The first-order valence-corrected chi connectivity index (χ1v) is 11.7. The Labute approximate surface area is 195 Å². The minimum Gasteiger partial charge on any atom is -0.391 e. The fourth-order valence-electron chi connectivity index (χ4n) is 3.95. The molecule has 32 heavy (non-hydrogen) atoms. The van der Waals surface area contributed by atoms with Crippen molar-refractivity contribution in [1.82, 2.24) is 19.7 Å². The summed E-state index contributed by atoms with van der Waals surface area (Å²) < 4.78 is 2.31.